The number of carbonyl (C=O) groups is 9. The molecule has 0 aromatic heterocycles. The van der Waals surface area contributed by atoms with Crippen molar-refractivity contribution in [2.45, 2.75) is 234 Å². The summed E-state index contributed by atoms with van der Waals surface area (Å²) in [6.45, 7) is 23.7. The summed E-state index contributed by atoms with van der Waals surface area (Å²) in [5.41, 5.74) is -3.04. The zero-order valence-electron chi connectivity index (χ0n) is 47.4. The number of unbranched alkanes of at least 4 members (excludes halogenated alkanes) is 5. The van der Waals surface area contributed by atoms with Crippen LogP contribution in [-0.4, -0.2) is 148 Å². The van der Waals surface area contributed by atoms with Gasteiger partial charge in [0, 0.05) is 57.4 Å². The Morgan fingerprint density at radius 2 is 1.39 bits per heavy atom. The molecule has 0 radical (unpaired) electrons. The molecule has 1 aliphatic rings. The van der Waals surface area contributed by atoms with Gasteiger partial charge in [0.15, 0.2) is 0 Å². The molecule has 1 aliphatic heterocycles. The summed E-state index contributed by atoms with van der Waals surface area (Å²) in [5.74, 6) is -5.60. The smallest absolute Gasteiger partial charge is 0.245 e. The molecular weight excluding hydrogens is 951 g/mol. The summed E-state index contributed by atoms with van der Waals surface area (Å²) in [5, 5.41) is 42.0. The van der Waals surface area contributed by atoms with Crippen molar-refractivity contribution >= 4 is 53.0 Å². The number of nitrogens with zero attached hydrogens (tertiary/aromatic N) is 1. The molecule has 0 spiro atoms. The van der Waals surface area contributed by atoms with E-state index in [9.17, 15) is 48.3 Å². The molecule has 20 nitrogen and oxygen atoms in total. The van der Waals surface area contributed by atoms with Gasteiger partial charge >= 0.3 is 0 Å². The third-order valence-corrected chi connectivity index (χ3v) is 14.4. The van der Waals surface area contributed by atoms with Crippen molar-refractivity contribution in [2.24, 2.45) is 23.7 Å². The van der Waals surface area contributed by atoms with E-state index in [0.717, 1.165) is 32.1 Å². The molecule has 1 heterocycles. The van der Waals surface area contributed by atoms with E-state index in [2.05, 4.69) is 49.5 Å². The van der Waals surface area contributed by atoms with Gasteiger partial charge in [-0.05, 0) is 84.5 Å². The number of rotatable bonds is 37. The normalized spacial score (nSPS) is 18.7. The molecule has 0 aliphatic carbocycles. The Balaban J connectivity index is 3.18. The average Bonchev–Trinajstić information content (AvgIpc) is 3.73. The maximum Gasteiger partial charge on any atom is 0.245 e. The number of likely N-dealkylation sites (tertiary alicyclic amines) is 1. The van der Waals surface area contributed by atoms with Crippen molar-refractivity contribution in [1.82, 2.24) is 47.4 Å². The van der Waals surface area contributed by atoms with Crippen LogP contribution in [-0.2, 0) is 43.2 Å². The Morgan fingerprint density at radius 3 is 2.00 bits per heavy atom. The molecular formula is C54H99N9O11. The highest BCUT2D eigenvalue weighted by Gasteiger charge is 2.43. The second-order valence-corrected chi connectivity index (χ2v) is 21.8. The molecule has 8 amide bonds. The Kier molecular flexibility index (Phi) is 31.0. The zero-order chi connectivity index (χ0) is 56.3. The van der Waals surface area contributed by atoms with Gasteiger partial charge in [0.05, 0.1) is 12.7 Å². The fourth-order valence-corrected chi connectivity index (χ4v) is 8.99. The van der Waals surface area contributed by atoms with Crippen LogP contribution in [0.4, 0.5) is 0 Å². The third kappa shape index (κ3) is 23.5. The molecule has 1 saturated heterocycles. The fourth-order valence-electron chi connectivity index (χ4n) is 8.99. The van der Waals surface area contributed by atoms with Crippen molar-refractivity contribution in [1.29, 1.82) is 0 Å². The van der Waals surface area contributed by atoms with Crippen LogP contribution in [0.15, 0.2) is 0 Å². The van der Waals surface area contributed by atoms with Crippen molar-refractivity contribution in [3.8, 4) is 0 Å². The summed E-state index contributed by atoms with van der Waals surface area (Å²) in [6, 6.07) is -4.60. The van der Waals surface area contributed by atoms with Gasteiger partial charge in [-0.3, -0.25) is 43.2 Å². The Labute approximate surface area is 442 Å². The van der Waals surface area contributed by atoms with Crippen LogP contribution < -0.4 is 42.5 Å². The van der Waals surface area contributed by atoms with Crippen molar-refractivity contribution in [3.05, 3.63) is 0 Å². The van der Waals surface area contributed by atoms with Crippen LogP contribution in [0, 0.1) is 23.7 Å². The molecule has 11 atom stereocenters. The van der Waals surface area contributed by atoms with Crippen LogP contribution >= 0.6 is 0 Å². The SMILES string of the molecule is CCCCCCCC[C@@H](C)C(=O)N1CC[C@@H](C)[C@H]1C(=O)N[C@@H](C[C@H](C)C[C@@H](O)CC(=O)CC)C(=O)N[C@@H](C)C(=O)NC(C)(C)C(=O)N[C@H](C(=O)N[C@@](C)(CC)C(=O)NCCC(=O)N[C@H](C)CNCCO)[C@@H](C)CC. The summed E-state index contributed by atoms with van der Waals surface area (Å²) in [4.78, 5) is 124. The minimum atomic E-state index is -1.63. The van der Waals surface area contributed by atoms with Gasteiger partial charge in [-0.25, -0.2) is 0 Å². The van der Waals surface area contributed by atoms with Crippen molar-refractivity contribution in [3.63, 3.8) is 0 Å². The highest BCUT2D eigenvalue weighted by atomic mass is 16.3. The fraction of sp³-hybridized carbons (Fsp3) is 0.833. The summed E-state index contributed by atoms with van der Waals surface area (Å²) >= 11 is 0. The number of amides is 8. The van der Waals surface area contributed by atoms with E-state index in [-0.39, 0.29) is 93.1 Å². The van der Waals surface area contributed by atoms with E-state index in [1.54, 1.807) is 46.4 Å². The highest BCUT2D eigenvalue weighted by Crippen LogP contribution is 2.28. The van der Waals surface area contributed by atoms with E-state index in [1.807, 2.05) is 20.8 Å². The first-order chi connectivity index (χ1) is 34.7. The number of hydrogen-bond acceptors (Lipinski definition) is 12. The van der Waals surface area contributed by atoms with Gasteiger partial charge < -0.3 is 57.6 Å². The molecule has 0 saturated carbocycles. The highest BCUT2D eigenvalue weighted by molar-refractivity contribution is 5.99. The number of carbonyl (C=O) groups excluding carboxylic acids is 9. The quantitative estimate of drug-likeness (QED) is 0.0402. The molecule has 1 fully saturated rings. The first kappa shape index (κ1) is 67.3. The van der Waals surface area contributed by atoms with E-state index in [0.29, 0.717) is 38.9 Å². The Hall–Kier alpha value is -4.69. The minimum Gasteiger partial charge on any atom is -0.395 e. The molecule has 0 unspecified atom stereocenters. The van der Waals surface area contributed by atoms with E-state index in [1.165, 1.54) is 27.2 Å². The summed E-state index contributed by atoms with van der Waals surface area (Å²) < 4.78 is 0. The molecule has 74 heavy (non-hydrogen) atoms. The lowest BCUT2D eigenvalue weighted by atomic mass is 9.92. The lowest BCUT2D eigenvalue weighted by Crippen LogP contribution is -2.65. The maximum atomic E-state index is 14.2. The van der Waals surface area contributed by atoms with Gasteiger partial charge in [0.1, 0.15) is 41.0 Å². The third-order valence-electron chi connectivity index (χ3n) is 14.4. The standard InChI is InChI=1S/C54H99N9O11/c1-14-18-19-20-21-22-23-37(8)50(72)63-28-25-36(7)45(63)49(71)59-42(31-34(5)30-41(66)32-40(65)16-3)47(69)58-39(10)46(68)61-53(11,12)51(73)60-44(35(6)15-2)48(70)62-54(13,17-4)52(74)56-26-24-43(67)57-38(9)33-55-27-29-64/h34-39,41-42,44-45,55,64,66H,14-33H2,1-13H3,(H,56,74)(H,57,67)(H,58,69)(H,59,71)(H,60,73)(H,61,68)(H,62,70)/t34-,35+,36-,37-,38-,39+,41-,42+,44+,45+,54+/m1/s1. The second kappa shape index (κ2) is 34.1. The lowest BCUT2D eigenvalue weighted by molar-refractivity contribution is -0.143. The van der Waals surface area contributed by atoms with Crippen molar-refractivity contribution < 1.29 is 53.4 Å². The first-order valence-electron chi connectivity index (χ1n) is 27.7. The minimum absolute atomic E-state index is 0.00549. The number of ketones is 1. The number of hydrogen-bond donors (Lipinski definition) is 10. The number of Topliss-reactive ketones (excluding diaryl/α,β-unsaturated/α-hetero) is 1. The largest absolute Gasteiger partial charge is 0.395 e. The predicted octanol–water partition coefficient (Wildman–Crippen LogP) is 3.05. The van der Waals surface area contributed by atoms with Crippen LogP contribution in [0.3, 0.4) is 0 Å². The Morgan fingerprint density at radius 1 is 0.743 bits per heavy atom. The molecule has 0 aromatic rings. The van der Waals surface area contributed by atoms with Gasteiger partial charge in [-0.1, -0.05) is 100 Å². The van der Waals surface area contributed by atoms with E-state index in [4.69, 9.17) is 5.11 Å². The Bertz CT molecular complexity index is 1820. The van der Waals surface area contributed by atoms with Crippen LogP contribution in [0.5, 0.6) is 0 Å². The van der Waals surface area contributed by atoms with E-state index >= 15 is 0 Å². The van der Waals surface area contributed by atoms with Gasteiger partial charge in [-0.2, -0.15) is 0 Å². The first-order valence-corrected chi connectivity index (χ1v) is 27.7. The van der Waals surface area contributed by atoms with Crippen LogP contribution in [0.1, 0.15) is 186 Å². The maximum absolute atomic E-state index is 14.2. The monoisotopic (exact) mass is 1050 g/mol. The molecule has 20 heteroatoms. The topological polar surface area (TPSA) is 294 Å². The van der Waals surface area contributed by atoms with Crippen LogP contribution in [0.2, 0.25) is 0 Å². The lowest BCUT2D eigenvalue weighted by Gasteiger charge is -2.34. The van der Waals surface area contributed by atoms with Crippen molar-refractivity contribution in [2.75, 3.05) is 32.8 Å². The van der Waals surface area contributed by atoms with Gasteiger partial charge in [0.25, 0.3) is 0 Å². The summed E-state index contributed by atoms with van der Waals surface area (Å²) in [7, 11) is 0. The van der Waals surface area contributed by atoms with Crippen LogP contribution in [0.25, 0.3) is 0 Å². The molecule has 1 rings (SSSR count). The molecule has 0 aromatic carbocycles. The number of aliphatic hydroxyl groups is 2. The number of aliphatic hydroxyl groups excluding tert-OH is 2. The van der Waals surface area contributed by atoms with Gasteiger partial charge in [-0.15, -0.1) is 0 Å². The predicted molar refractivity (Wildman–Crippen MR) is 286 cm³/mol. The number of nitrogens with one attached hydrogen (secondary N) is 8. The molecule has 10 N–H and O–H groups in total. The van der Waals surface area contributed by atoms with E-state index < -0.39 is 82.7 Å². The zero-order valence-corrected chi connectivity index (χ0v) is 47.4. The summed E-state index contributed by atoms with van der Waals surface area (Å²) in [6.07, 6.45) is 7.96. The molecule has 0 bridgehead atoms. The second-order valence-electron chi connectivity index (χ2n) is 21.8. The van der Waals surface area contributed by atoms with Gasteiger partial charge in [0.2, 0.25) is 47.3 Å². The average molecular weight is 1050 g/mol. The molecule has 426 valence electrons.